The Hall–Kier alpha value is -2.86. The van der Waals surface area contributed by atoms with Crippen LogP contribution in [0.1, 0.15) is 16.8 Å². The van der Waals surface area contributed by atoms with Crippen LogP contribution in [0.3, 0.4) is 0 Å². The molecule has 0 bridgehead atoms. The molecule has 2 heterocycles. The Labute approximate surface area is 111 Å². The minimum atomic E-state index is 0.675. The van der Waals surface area contributed by atoms with E-state index in [0.717, 1.165) is 16.8 Å². The van der Waals surface area contributed by atoms with Crippen LogP contribution >= 0.6 is 0 Å². The zero-order chi connectivity index (χ0) is 13.1. The zero-order valence-electron chi connectivity index (χ0n) is 10.2. The van der Waals surface area contributed by atoms with Crippen molar-refractivity contribution in [2.24, 2.45) is 0 Å². The van der Waals surface area contributed by atoms with Crippen molar-refractivity contribution < 1.29 is 0 Å². The van der Waals surface area contributed by atoms with Gasteiger partial charge in [0.15, 0.2) is 0 Å². The van der Waals surface area contributed by atoms with Crippen LogP contribution in [-0.4, -0.2) is 9.38 Å². The second-order valence-corrected chi connectivity index (χ2v) is 4.21. The Kier molecular flexibility index (Phi) is 2.83. The topological polar surface area (TPSA) is 41.1 Å². The minimum Gasteiger partial charge on any atom is -0.300 e. The standard InChI is InChI=1S/C16H11N3/c17-10-14-6-4-13(5-7-14)8-9-15-2-1-3-16-11-18-12-19(15)16/h1-9,11-12H. The molecule has 2 aromatic heterocycles. The molecular formula is C16H11N3. The maximum atomic E-state index is 8.75. The van der Waals surface area contributed by atoms with Crippen LogP contribution in [0.25, 0.3) is 17.7 Å². The number of aromatic nitrogens is 2. The Balaban J connectivity index is 1.93. The summed E-state index contributed by atoms with van der Waals surface area (Å²) >= 11 is 0. The molecule has 19 heavy (non-hydrogen) atoms. The van der Waals surface area contributed by atoms with E-state index < -0.39 is 0 Å². The van der Waals surface area contributed by atoms with E-state index in [0.29, 0.717) is 5.56 Å². The molecule has 0 amide bonds. The van der Waals surface area contributed by atoms with Crippen LogP contribution in [0.2, 0.25) is 0 Å². The molecule has 0 spiro atoms. The molecule has 3 aromatic rings. The molecule has 3 heteroatoms. The van der Waals surface area contributed by atoms with Crippen molar-refractivity contribution in [3.63, 3.8) is 0 Å². The molecule has 0 aliphatic carbocycles. The zero-order valence-corrected chi connectivity index (χ0v) is 10.2. The fraction of sp³-hybridized carbons (Fsp3) is 0. The molecule has 3 rings (SSSR count). The highest BCUT2D eigenvalue weighted by molar-refractivity contribution is 5.69. The Morgan fingerprint density at radius 2 is 1.89 bits per heavy atom. The number of rotatable bonds is 2. The van der Waals surface area contributed by atoms with Gasteiger partial charge in [-0.1, -0.05) is 24.3 Å². The molecule has 0 atom stereocenters. The third-order valence-electron chi connectivity index (χ3n) is 2.97. The van der Waals surface area contributed by atoms with Gasteiger partial charge in [0, 0.05) is 5.69 Å². The highest BCUT2D eigenvalue weighted by Gasteiger charge is 1.96. The Morgan fingerprint density at radius 1 is 1.05 bits per heavy atom. The summed E-state index contributed by atoms with van der Waals surface area (Å²) in [4.78, 5) is 4.13. The van der Waals surface area contributed by atoms with Crippen molar-refractivity contribution >= 4 is 17.7 Å². The van der Waals surface area contributed by atoms with Crippen LogP contribution < -0.4 is 0 Å². The molecule has 1 aromatic carbocycles. The van der Waals surface area contributed by atoms with Gasteiger partial charge >= 0.3 is 0 Å². The molecule has 0 fully saturated rings. The van der Waals surface area contributed by atoms with E-state index in [1.54, 1.807) is 6.33 Å². The summed E-state index contributed by atoms with van der Waals surface area (Å²) in [5, 5.41) is 8.75. The van der Waals surface area contributed by atoms with Gasteiger partial charge in [-0.2, -0.15) is 5.26 Å². The summed E-state index contributed by atoms with van der Waals surface area (Å²) in [6.45, 7) is 0. The number of hydrogen-bond acceptors (Lipinski definition) is 2. The monoisotopic (exact) mass is 245 g/mol. The van der Waals surface area contributed by atoms with Crippen LogP contribution in [0, 0.1) is 11.3 Å². The number of hydrogen-bond donors (Lipinski definition) is 0. The van der Waals surface area contributed by atoms with Crippen LogP contribution in [0.4, 0.5) is 0 Å². The molecule has 0 saturated carbocycles. The summed E-state index contributed by atoms with van der Waals surface area (Å²) in [7, 11) is 0. The van der Waals surface area contributed by atoms with E-state index in [-0.39, 0.29) is 0 Å². The van der Waals surface area contributed by atoms with Crippen LogP contribution in [0.5, 0.6) is 0 Å². The van der Waals surface area contributed by atoms with Gasteiger partial charge < -0.3 is 0 Å². The lowest BCUT2D eigenvalue weighted by Crippen LogP contribution is -1.87. The minimum absolute atomic E-state index is 0.675. The summed E-state index contributed by atoms with van der Waals surface area (Å²) in [5.74, 6) is 0. The average molecular weight is 245 g/mol. The number of nitrogens with zero attached hydrogens (tertiary/aromatic N) is 3. The van der Waals surface area contributed by atoms with E-state index in [2.05, 4.69) is 11.1 Å². The van der Waals surface area contributed by atoms with Gasteiger partial charge in [0.05, 0.1) is 29.7 Å². The first-order valence-corrected chi connectivity index (χ1v) is 5.96. The van der Waals surface area contributed by atoms with E-state index in [1.807, 2.05) is 65.2 Å². The Bertz CT molecular complexity index is 774. The maximum Gasteiger partial charge on any atom is 0.0996 e. The first kappa shape index (κ1) is 11.2. The third kappa shape index (κ3) is 2.24. The maximum absolute atomic E-state index is 8.75. The Morgan fingerprint density at radius 3 is 2.68 bits per heavy atom. The molecule has 3 nitrogen and oxygen atoms in total. The van der Waals surface area contributed by atoms with Crippen molar-refractivity contribution in [3.8, 4) is 6.07 Å². The summed E-state index contributed by atoms with van der Waals surface area (Å²) in [6, 6.07) is 15.7. The fourth-order valence-electron chi connectivity index (χ4n) is 1.96. The molecule has 0 aliphatic rings. The van der Waals surface area contributed by atoms with Crippen LogP contribution in [0.15, 0.2) is 55.0 Å². The molecule has 0 unspecified atom stereocenters. The highest BCUT2D eigenvalue weighted by Crippen LogP contribution is 2.12. The van der Waals surface area contributed by atoms with E-state index in [9.17, 15) is 0 Å². The molecular weight excluding hydrogens is 234 g/mol. The first-order valence-electron chi connectivity index (χ1n) is 5.96. The highest BCUT2D eigenvalue weighted by atomic mass is 15.0. The first-order chi connectivity index (χ1) is 9.36. The summed E-state index contributed by atoms with van der Waals surface area (Å²) in [6.07, 6.45) is 7.69. The average Bonchev–Trinajstić information content (AvgIpc) is 2.94. The third-order valence-corrected chi connectivity index (χ3v) is 2.97. The predicted molar refractivity (Wildman–Crippen MR) is 75.3 cm³/mol. The number of fused-ring (bicyclic) bond motifs is 1. The normalized spacial score (nSPS) is 10.9. The summed E-state index contributed by atoms with van der Waals surface area (Å²) < 4.78 is 2.03. The van der Waals surface area contributed by atoms with E-state index in [1.165, 1.54) is 0 Å². The van der Waals surface area contributed by atoms with Crippen molar-refractivity contribution in [1.29, 1.82) is 5.26 Å². The van der Waals surface area contributed by atoms with Gasteiger partial charge in [-0.05, 0) is 35.9 Å². The van der Waals surface area contributed by atoms with Gasteiger partial charge in [0.2, 0.25) is 0 Å². The second-order valence-electron chi connectivity index (χ2n) is 4.21. The predicted octanol–water partition coefficient (Wildman–Crippen LogP) is 3.38. The van der Waals surface area contributed by atoms with Crippen molar-refractivity contribution in [3.05, 3.63) is 71.8 Å². The number of nitriles is 1. The van der Waals surface area contributed by atoms with E-state index >= 15 is 0 Å². The molecule has 0 aliphatic heterocycles. The fourth-order valence-corrected chi connectivity index (χ4v) is 1.96. The SMILES string of the molecule is N#Cc1ccc(C=Cc2cccc3cncn23)cc1. The van der Waals surface area contributed by atoms with E-state index in [4.69, 9.17) is 5.26 Å². The molecule has 0 radical (unpaired) electrons. The van der Waals surface area contributed by atoms with Gasteiger partial charge in [-0.15, -0.1) is 0 Å². The van der Waals surface area contributed by atoms with Gasteiger partial charge in [-0.25, -0.2) is 4.98 Å². The molecule has 0 N–H and O–H groups in total. The van der Waals surface area contributed by atoms with Crippen LogP contribution in [-0.2, 0) is 0 Å². The number of pyridine rings is 1. The lowest BCUT2D eigenvalue weighted by atomic mass is 10.1. The smallest absolute Gasteiger partial charge is 0.0996 e. The number of benzene rings is 1. The quantitative estimate of drug-likeness (QED) is 0.694. The lowest BCUT2D eigenvalue weighted by Gasteiger charge is -1.99. The van der Waals surface area contributed by atoms with Crippen molar-refractivity contribution in [1.82, 2.24) is 9.38 Å². The molecule has 0 saturated heterocycles. The van der Waals surface area contributed by atoms with Crippen molar-refractivity contribution in [2.45, 2.75) is 0 Å². The largest absolute Gasteiger partial charge is 0.300 e. The lowest BCUT2D eigenvalue weighted by molar-refractivity contribution is 1.13. The van der Waals surface area contributed by atoms with Gasteiger partial charge in [0.1, 0.15) is 0 Å². The number of imidazole rings is 1. The van der Waals surface area contributed by atoms with Gasteiger partial charge in [0.25, 0.3) is 0 Å². The van der Waals surface area contributed by atoms with Crippen molar-refractivity contribution in [2.75, 3.05) is 0 Å². The summed E-state index contributed by atoms with van der Waals surface area (Å²) in [5.41, 5.74) is 3.88. The van der Waals surface area contributed by atoms with Gasteiger partial charge in [-0.3, -0.25) is 4.40 Å². The molecule has 90 valence electrons. The second kappa shape index (κ2) is 4.79.